The van der Waals surface area contributed by atoms with Gasteiger partial charge in [0.2, 0.25) is 0 Å². The maximum atomic E-state index is 12.2. The number of hydrogen-bond donors (Lipinski definition) is 4. The van der Waals surface area contributed by atoms with Crippen molar-refractivity contribution in [3.05, 3.63) is 32.6 Å². The number of ether oxygens (including phenoxy) is 2. The van der Waals surface area contributed by atoms with Crippen molar-refractivity contribution in [2.75, 3.05) is 13.2 Å². The summed E-state index contributed by atoms with van der Waals surface area (Å²) in [7, 11) is -4.72. The molecular formula is C22H39N2O9P. The van der Waals surface area contributed by atoms with Crippen molar-refractivity contribution in [1.29, 1.82) is 0 Å². The number of rotatable bonds is 17. The third-order valence-electron chi connectivity index (χ3n) is 5.86. The first kappa shape index (κ1) is 28.9. The summed E-state index contributed by atoms with van der Waals surface area (Å²) < 4.78 is 27.5. The molecule has 34 heavy (non-hydrogen) atoms. The smallest absolute Gasteiger partial charge is 0.390 e. The summed E-state index contributed by atoms with van der Waals surface area (Å²) >= 11 is 0. The highest BCUT2D eigenvalue weighted by Gasteiger charge is 2.37. The van der Waals surface area contributed by atoms with Gasteiger partial charge in [-0.15, -0.1) is 0 Å². The van der Waals surface area contributed by atoms with E-state index in [0.29, 0.717) is 6.61 Å². The minimum absolute atomic E-state index is 0.0000366. The Morgan fingerprint density at radius 3 is 2.32 bits per heavy atom. The molecule has 0 aliphatic carbocycles. The fraction of sp³-hybridized carbons (Fsp3) is 0.818. The predicted octanol–water partition coefficient (Wildman–Crippen LogP) is 2.73. The van der Waals surface area contributed by atoms with E-state index in [1.54, 1.807) is 0 Å². The highest BCUT2D eigenvalue weighted by Crippen LogP contribution is 2.38. The van der Waals surface area contributed by atoms with E-state index in [-0.39, 0.29) is 18.6 Å². The van der Waals surface area contributed by atoms with Crippen LogP contribution in [0.25, 0.3) is 0 Å². The van der Waals surface area contributed by atoms with Crippen molar-refractivity contribution in [3.8, 4) is 0 Å². The molecule has 2 heterocycles. The van der Waals surface area contributed by atoms with Gasteiger partial charge in [-0.2, -0.15) is 0 Å². The molecule has 4 N–H and O–H groups in total. The molecule has 1 fully saturated rings. The second-order valence-electron chi connectivity index (χ2n) is 8.77. The molecule has 11 nitrogen and oxygen atoms in total. The normalized spacial score (nSPS) is 20.8. The van der Waals surface area contributed by atoms with E-state index < -0.39 is 44.1 Å². The van der Waals surface area contributed by atoms with Gasteiger partial charge in [-0.25, -0.2) is 9.36 Å². The van der Waals surface area contributed by atoms with Crippen LogP contribution in [0.2, 0.25) is 0 Å². The molecule has 12 heteroatoms. The molecule has 0 radical (unpaired) electrons. The maximum absolute atomic E-state index is 12.2. The predicted molar refractivity (Wildman–Crippen MR) is 125 cm³/mol. The molecule has 1 aromatic heterocycles. The van der Waals surface area contributed by atoms with Gasteiger partial charge in [0.25, 0.3) is 5.56 Å². The van der Waals surface area contributed by atoms with Crippen LogP contribution < -0.4 is 11.2 Å². The quantitative estimate of drug-likeness (QED) is 0.184. The second kappa shape index (κ2) is 14.9. The lowest BCUT2D eigenvalue weighted by Gasteiger charge is -2.17. The summed E-state index contributed by atoms with van der Waals surface area (Å²) in [5.41, 5.74) is -1.01. The van der Waals surface area contributed by atoms with Crippen molar-refractivity contribution >= 4 is 7.82 Å². The molecule has 3 atom stereocenters. The number of hydrogen-bond acceptors (Lipinski definition) is 7. The SMILES string of the molecule is CCCCCCCCCCCCOCc1cn([C@H]2C[C@H](O)[C@@H](COP(=O)(O)O)O2)c(=O)[nH]c1=O. The average Bonchev–Trinajstić information content (AvgIpc) is 3.14. The maximum Gasteiger partial charge on any atom is 0.469 e. The standard InChI is InChI=1S/C22H39N2O9P/c1-2-3-4-5-6-7-8-9-10-11-12-31-15-17-14-24(22(27)23-21(17)26)20-13-18(25)19(33-20)16-32-34(28,29)30/h14,18-20,25H,2-13,15-16H2,1H3,(H,23,26,27)(H2,28,29,30)/t18-,19+,20+/m0/s1. The van der Waals surface area contributed by atoms with E-state index >= 15 is 0 Å². The number of nitrogens with zero attached hydrogens (tertiary/aromatic N) is 1. The van der Waals surface area contributed by atoms with Crippen LogP contribution >= 0.6 is 7.82 Å². The van der Waals surface area contributed by atoms with E-state index in [1.165, 1.54) is 51.1 Å². The minimum atomic E-state index is -4.72. The molecular weight excluding hydrogens is 467 g/mol. The number of aromatic amines is 1. The Labute approximate surface area is 199 Å². The second-order valence-corrected chi connectivity index (χ2v) is 10.0. The molecule has 196 valence electrons. The van der Waals surface area contributed by atoms with Crippen LogP contribution in [0.3, 0.4) is 0 Å². The van der Waals surface area contributed by atoms with Crippen molar-refractivity contribution in [2.45, 2.75) is 103 Å². The van der Waals surface area contributed by atoms with Crippen molar-refractivity contribution in [2.24, 2.45) is 0 Å². The average molecular weight is 507 g/mol. The molecule has 1 saturated heterocycles. The molecule has 1 aliphatic rings. The third-order valence-corrected chi connectivity index (χ3v) is 6.35. The van der Waals surface area contributed by atoms with Crippen LogP contribution in [-0.4, -0.2) is 49.9 Å². The molecule has 1 aliphatic heterocycles. The highest BCUT2D eigenvalue weighted by molar-refractivity contribution is 7.46. The lowest BCUT2D eigenvalue weighted by Crippen LogP contribution is -2.34. The Morgan fingerprint density at radius 1 is 1.09 bits per heavy atom. The van der Waals surface area contributed by atoms with Crippen molar-refractivity contribution < 1.29 is 33.5 Å². The van der Waals surface area contributed by atoms with Gasteiger partial charge in [-0.3, -0.25) is 18.9 Å². The minimum Gasteiger partial charge on any atom is -0.390 e. The Balaban J connectivity index is 1.74. The van der Waals surface area contributed by atoms with Gasteiger partial charge in [0, 0.05) is 19.2 Å². The number of unbranched alkanes of at least 4 members (excludes halogenated alkanes) is 9. The Morgan fingerprint density at radius 2 is 1.71 bits per heavy atom. The monoisotopic (exact) mass is 506 g/mol. The number of aliphatic hydroxyl groups excluding tert-OH is 1. The van der Waals surface area contributed by atoms with Crippen LogP contribution in [0.15, 0.2) is 15.8 Å². The number of nitrogens with one attached hydrogen (secondary N) is 1. The first-order chi connectivity index (χ1) is 16.2. The first-order valence-electron chi connectivity index (χ1n) is 12.2. The van der Waals surface area contributed by atoms with Crippen molar-refractivity contribution in [1.82, 2.24) is 9.55 Å². The molecule has 0 amide bonds. The summed E-state index contributed by atoms with van der Waals surface area (Å²) in [4.78, 5) is 44.2. The van der Waals surface area contributed by atoms with Crippen LogP contribution in [0, 0.1) is 0 Å². The Kier molecular flexibility index (Phi) is 12.7. The van der Waals surface area contributed by atoms with E-state index in [1.807, 2.05) is 0 Å². The lowest BCUT2D eigenvalue weighted by molar-refractivity contribution is -0.0453. The van der Waals surface area contributed by atoms with E-state index in [4.69, 9.17) is 19.3 Å². The molecule has 1 aromatic rings. The topological polar surface area (TPSA) is 160 Å². The van der Waals surface area contributed by atoms with E-state index in [9.17, 15) is 19.3 Å². The fourth-order valence-electron chi connectivity index (χ4n) is 3.92. The number of aromatic nitrogens is 2. The van der Waals surface area contributed by atoms with Gasteiger partial charge in [-0.05, 0) is 6.42 Å². The molecule has 0 unspecified atom stereocenters. The van der Waals surface area contributed by atoms with E-state index in [2.05, 4.69) is 16.4 Å². The van der Waals surface area contributed by atoms with Gasteiger partial charge < -0.3 is 24.4 Å². The zero-order chi connectivity index (χ0) is 25.0. The van der Waals surface area contributed by atoms with Gasteiger partial charge in [0.1, 0.15) is 12.3 Å². The van der Waals surface area contributed by atoms with Gasteiger partial charge in [0.15, 0.2) is 0 Å². The molecule has 0 spiro atoms. The van der Waals surface area contributed by atoms with E-state index in [0.717, 1.165) is 23.8 Å². The summed E-state index contributed by atoms with van der Waals surface area (Å²) in [5, 5.41) is 10.1. The third kappa shape index (κ3) is 10.5. The summed E-state index contributed by atoms with van der Waals surface area (Å²) in [6, 6.07) is 0. The summed E-state index contributed by atoms with van der Waals surface area (Å²) in [5.74, 6) is 0. The largest absolute Gasteiger partial charge is 0.469 e. The number of phosphoric ester groups is 1. The van der Waals surface area contributed by atoms with Gasteiger partial charge in [0.05, 0.1) is 24.9 Å². The van der Waals surface area contributed by atoms with Crippen molar-refractivity contribution in [3.63, 3.8) is 0 Å². The highest BCUT2D eigenvalue weighted by atomic mass is 31.2. The van der Waals surface area contributed by atoms with Crippen LogP contribution in [0.5, 0.6) is 0 Å². The van der Waals surface area contributed by atoms with Crippen LogP contribution in [0.1, 0.15) is 89.3 Å². The Bertz CT molecular complexity index is 882. The molecule has 2 rings (SSSR count). The number of H-pyrrole nitrogens is 1. The first-order valence-corrected chi connectivity index (χ1v) is 13.7. The van der Waals surface area contributed by atoms with Crippen LogP contribution in [-0.2, 0) is 25.2 Å². The zero-order valence-electron chi connectivity index (χ0n) is 19.9. The van der Waals surface area contributed by atoms with Gasteiger partial charge >= 0.3 is 13.5 Å². The van der Waals surface area contributed by atoms with Crippen LogP contribution in [0.4, 0.5) is 0 Å². The molecule has 0 saturated carbocycles. The Hall–Kier alpha value is -1.33. The van der Waals surface area contributed by atoms with Gasteiger partial charge in [-0.1, -0.05) is 64.7 Å². The fourth-order valence-corrected chi connectivity index (χ4v) is 4.27. The number of aliphatic hydroxyl groups is 1. The zero-order valence-corrected chi connectivity index (χ0v) is 20.8. The summed E-state index contributed by atoms with van der Waals surface area (Å²) in [6.07, 6.45) is 10.5. The number of phosphoric acid groups is 1. The summed E-state index contributed by atoms with van der Waals surface area (Å²) in [6.45, 7) is 2.23. The lowest BCUT2D eigenvalue weighted by atomic mass is 10.1. The molecule has 0 bridgehead atoms. The molecule has 0 aromatic carbocycles.